The van der Waals surface area contributed by atoms with Crippen LogP contribution in [0.4, 0.5) is 5.69 Å². The van der Waals surface area contributed by atoms with Crippen molar-refractivity contribution in [2.24, 2.45) is 0 Å². The molecule has 0 amide bonds. The van der Waals surface area contributed by atoms with Gasteiger partial charge < -0.3 is 10.6 Å². The third kappa shape index (κ3) is 1.65. The second-order valence-electron chi connectivity index (χ2n) is 4.75. The van der Waals surface area contributed by atoms with Gasteiger partial charge in [0.1, 0.15) is 0 Å². The van der Waals surface area contributed by atoms with Crippen LogP contribution in [0.1, 0.15) is 18.1 Å². The molecule has 3 rings (SSSR count). The number of fused-ring (bicyclic) bond motifs is 1. The number of rotatable bonds is 3. The number of hydrogen-bond donors (Lipinski definition) is 2. The predicted octanol–water partition coefficient (Wildman–Crippen LogP) is 2.03. The summed E-state index contributed by atoms with van der Waals surface area (Å²) in [4.78, 5) is 0. The summed E-state index contributed by atoms with van der Waals surface area (Å²) in [6, 6.07) is 6.48. The minimum Gasteiger partial charge on any atom is -0.383 e. The average Bonchev–Trinajstić information content (AvgIpc) is 2.80. The van der Waals surface area contributed by atoms with Crippen LogP contribution in [-0.4, -0.2) is 18.6 Å². The van der Waals surface area contributed by atoms with E-state index < -0.39 is 0 Å². The second kappa shape index (κ2) is 3.11. The standard InChI is InChI=1S/C13H16N2/c1-13(9-15-13)8-14-12-7-3-5-10-4-2-6-11(10)12/h2-5,7,14-15H,6,8-9H2,1H3. The van der Waals surface area contributed by atoms with Gasteiger partial charge in [0, 0.05) is 24.3 Å². The molecule has 1 aliphatic heterocycles. The fourth-order valence-corrected chi connectivity index (χ4v) is 2.02. The highest BCUT2D eigenvalue weighted by Gasteiger charge is 2.36. The first-order valence-electron chi connectivity index (χ1n) is 5.54. The Balaban J connectivity index is 1.78. The van der Waals surface area contributed by atoms with Gasteiger partial charge >= 0.3 is 0 Å². The van der Waals surface area contributed by atoms with E-state index in [2.05, 4.69) is 47.9 Å². The van der Waals surface area contributed by atoms with Crippen LogP contribution in [0.15, 0.2) is 24.3 Å². The summed E-state index contributed by atoms with van der Waals surface area (Å²) >= 11 is 0. The number of anilines is 1. The molecule has 1 fully saturated rings. The van der Waals surface area contributed by atoms with Crippen molar-refractivity contribution >= 4 is 11.8 Å². The summed E-state index contributed by atoms with van der Waals surface area (Å²) in [5.74, 6) is 0. The lowest BCUT2D eigenvalue weighted by molar-refractivity contribution is 0.733. The van der Waals surface area contributed by atoms with Gasteiger partial charge in [0.2, 0.25) is 0 Å². The molecule has 1 aliphatic carbocycles. The van der Waals surface area contributed by atoms with Gasteiger partial charge in [0.25, 0.3) is 0 Å². The highest BCUT2D eigenvalue weighted by Crippen LogP contribution is 2.27. The number of hydrogen-bond acceptors (Lipinski definition) is 2. The molecule has 0 spiro atoms. The van der Waals surface area contributed by atoms with Crippen LogP contribution >= 0.6 is 0 Å². The lowest BCUT2D eigenvalue weighted by Gasteiger charge is -2.13. The van der Waals surface area contributed by atoms with Crippen molar-refractivity contribution in [2.45, 2.75) is 18.9 Å². The molecule has 0 saturated carbocycles. The van der Waals surface area contributed by atoms with Crippen molar-refractivity contribution in [1.29, 1.82) is 0 Å². The van der Waals surface area contributed by atoms with Gasteiger partial charge in [0.05, 0.1) is 0 Å². The van der Waals surface area contributed by atoms with Crippen LogP contribution < -0.4 is 10.6 Å². The molecule has 2 aliphatic rings. The monoisotopic (exact) mass is 200 g/mol. The highest BCUT2D eigenvalue weighted by atomic mass is 15.2. The lowest BCUT2D eigenvalue weighted by Crippen LogP contribution is -2.22. The summed E-state index contributed by atoms with van der Waals surface area (Å²) in [6.45, 7) is 4.40. The molecule has 0 radical (unpaired) electrons. The van der Waals surface area contributed by atoms with E-state index in [1.165, 1.54) is 16.8 Å². The Kier molecular flexibility index (Phi) is 1.86. The fraction of sp³-hybridized carbons (Fsp3) is 0.385. The fourth-order valence-electron chi connectivity index (χ4n) is 2.02. The number of allylic oxidation sites excluding steroid dienone is 1. The van der Waals surface area contributed by atoms with E-state index in [0.29, 0.717) is 5.54 Å². The Morgan fingerprint density at radius 2 is 2.33 bits per heavy atom. The van der Waals surface area contributed by atoms with E-state index in [0.717, 1.165) is 19.5 Å². The Hall–Kier alpha value is -1.28. The molecule has 1 saturated heterocycles. The Morgan fingerprint density at radius 1 is 1.47 bits per heavy atom. The quantitative estimate of drug-likeness (QED) is 0.732. The van der Waals surface area contributed by atoms with Crippen LogP contribution in [0.5, 0.6) is 0 Å². The van der Waals surface area contributed by atoms with E-state index >= 15 is 0 Å². The molecule has 78 valence electrons. The molecule has 0 aromatic heterocycles. The highest BCUT2D eigenvalue weighted by molar-refractivity contribution is 5.69. The van der Waals surface area contributed by atoms with Crippen molar-refractivity contribution in [3.8, 4) is 0 Å². The number of benzene rings is 1. The van der Waals surface area contributed by atoms with Gasteiger partial charge in [-0.3, -0.25) is 0 Å². The summed E-state index contributed by atoms with van der Waals surface area (Å²) in [5.41, 5.74) is 4.44. The van der Waals surface area contributed by atoms with E-state index in [4.69, 9.17) is 0 Å². The summed E-state index contributed by atoms with van der Waals surface area (Å²) in [7, 11) is 0. The van der Waals surface area contributed by atoms with Crippen molar-refractivity contribution < 1.29 is 0 Å². The molecule has 2 nitrogen and oxygen atoms in total. The van der Waals surface area contributed by atoms with Crippen molar-refractivity contribution in [2.75, 3.05) is 18.4 Å². The molecule has 2 heteroatoms. The zero-order chi connectivity index (χ0) is 10.3. The lowest BCUT2D eigenvalue weighted by atomic mass is 10.1. The van der Waals surface area contributed by atoms with E-state index in [1.807, 2.05) is 0 Å². The molecule has 2 N–H and O–H groups in total. The van der Waals surface area contributed by atoms with Crippen molar-refractivity contribution in [3.05, 3.63) is 35.4 Å². The maximum Gasteiger partial charge on any atom is 0.0453 e. The molecule has 1 unspecified atom stereocenters. The van der Waals surface area contributed by atoms with Crippen LogP contribution in [0, 0.1) is 0 Å². The van der Waals surface area contributed by atoms with Gasteiger partial charge in [-0.1, -0.05) is 24.3 Å². The van der Waals surface area contributed by atoms with E-state index in [-0.39, 0.29) is 0 Å². The molecule has 15 heavy (non-hydrogen) atoms. The van der Waals surface area contributed by atoms with Crippen LogP contribution in [0.3, 0.4) is 0 Å². The molecule has 1 aromatic rings. The molecule has 1 heterocycles. The summed E-state index contributed by atoms with van der Waals surface area (Å²) in [5, 5.41) is 6.92. The first-order valence-corrected chi connectivity index (χ1v) is 5.54. The first-order chi connectivity index (χ1) is 7.27. The maximum absolute atomic E-state index is 3.54. The van der Waals surface area contributed by atoms with Gasteiger partial charge in [0.15, 0.2) is 0 Å². The molecule has 1 atom stereocenters. The molecule has 1 aromatic carbocycles. The van der Waals surface area contributed by atoms with Crippen molar-refractivity contribution in [1.82, 2.24) is 5.32 Å². The third-order valence-electron chi connectivity index (χ3n) is 3.28. The predicted molar refractivity (Wildman–Crippen MR) is 64.1 cm³/mol. The second-order valence-corrected chi connectivity index (χ2v) is 4.75. The molecular weight excluding hydrogens is 184 g/mol. The first kappa shape index (κ1) is 8.98. The molecule has 0 bridgehead atoms. The van der Waals surface area contributed by atoms with Crippen LogP contribution in [-0.2, 0) is 6.42 Å². The van der Waals surface area contributed by atoms with Crippen molar-refractivity contribution in [3.63, 3.8) is 0 Å². The minimum atomic E-state index is 0.328. The van der Waals surface area contributed by atoms with Crippen LogP contribution in [0.2, 0.25) is 0 Å². The Morgan fingerprint density at radius 3 is 3.13 bits per heavy atom. The number of nitrogens with one attached hydrogen (secondary N) is 2. The smallest absolute Gasteiger partial charge is 0.0453 e. The summed E-state index contributed by atoms with van der Waals surface area (Å²) in [6.07, 6.45) is 5.51. The van der Waals surface area contributed by atoms with Crippen LogP contribution in [0.25, 0.3) is 6.08 Å². The maximum atomic E-state index is 3.54. The zero-order valence-corrected chi connectivity index (χ0v) is 9.01. The van der Waals surface area contributed by atoms with E-state index in [1.54, 1.807) is 0 Å². The van der Waals surface area contributed by atoms with Gasteiger partial charge in [-0.15, -0.1) is 0 Å². The van der Waals surface area contributed by atoms with Gasteiger partial charge in [-0.25, -0.2) is 0 Å². The average molecular weight is 200 g/mol. The van der Waals surface area contributed by atoms with Gasteiger partial charge in [-0.05, 0) is 30.5 Å². The van der Waals surface area contributed by atoms with Gasteiger partial charge in [-0.2, -0.15) is 0 Å². The normalized spacial score (nSPS) is 26.5. The summed E-state index contributed by atoms with van der Waals surface area (Å²) < 4.78 is 0. The Bertz CT molecular complexity index is 417. The Labute approximate surface area is 90.4 Å². The largest absolute Gasteiger partial charge is 0.383 e. The SMILES string of the molecule is CC1(CNc2cccc3c2CC=C3)CN1. The third-order valence-corrected chi connectivity index (χ3v) is 3.28. The zero-order valence-electron chi connectivity index (χ0n) is 9.01. The minimum absolute atomic E-state index is 0.328. The molecular formula is C13H16N2. The topological polar surface area (TPSA) is 34.0 Å². The van der Waals surface area contributed by atoms with E-state index in [9.17, 15) is 0 Å².